The van der Waals surface area contributed by atoms with Crippen LogP contribution in [0.3, 0.4) is 0 Å². The number of ether oxygens (including phenoxy) is 1. The summed E-state index contributed by atoms with van der Waals surface area (Å²) in [7, 11) is 1.50. The van der Waals surface area contributed by atoms with Gasteiger partial charge in [-0.1, -0.05) is 40.0 Å². The highest BCUT2D eigenvalue weighted by Crippen LogP contribution is 2.27. The van der Waals surface area contributed by atoms with Crippen molar-refractivity contribution in [3.8, 4) is 5.75 Å². The molecule has 0 fully saturated rings. The molecule has 0 aliphatic rings. The number of anilines is 2. The van der Waals surface area contributed by atoms with Crippen LogP contribution in [-0.2, 0) is 11.3 Å². The molecule has 2 N–H and O–H groups in total. The van der Waals surface area contributed by atoms with E-state index in [1.807, 2.05) is 0 Å². The van der Waals surface area contributed by atoms with Gasteiger partial charge in [-0.3, -0.25) is 9.59 Å². The van der Waals surface area contributed by atoms with Gasteiger partial charge in [0.1, 0.15) is 12.3 Å². The van der Waals surface area contributed by atoms with Crippen molar-refractivity contribution in [2.45, 2.75) is 13.5 Å². The molecule has 8 nitrogen and oxygen atoms in total. The zero-order chi connectivity index (χ0) is 21.8. The number of carbonyl (C=O) groups is 2. The second-order valence-corrected chi connectivity index (χ2v) is 7.38. The van der Waals surface area contributed by atoms with Crippen molar-refractivity contribution in [3.63, 3.8) is 0 Å². The van der Waals surface area contributed by atoms with Gasteiger partial charge in [0, 0.05) is 11.4 Å². The smallest absolute Gasteiger partial charge is 0.278 e. The molecule has 0 bridgehead atoms. The fourth-order valence-corrected chi connectivity index (χ4v) is 3.12. The van der Waals surface area contributed by atoms with E-state index in [0.717, 1.165) is 0 Å². The average molecular weight is 469 g/mol. The SMILES string of the molecule is COc1ccc(NC(=O)Cn2nnc(C(=O)Nc3ccc(Cl)c(Cl)c3)c2C)cc1Cl. The lowest BCUT2D eigenvalue weighted by Gasteiger charge is -2.09. The molecule has 1 heterocycles. The Morgan fingerprint density at radius 1 is 1.00 bits per heavy atom. The minimum atomic E-state index is -0.487. The Balaban J connectivity index is 1.67. The summed E-state index contributed by atoms with van der Waals surface area (Å²) in [5.74, 6) is -0.348. The standard InChI is InChI=1S/C19H16Cl3N5O3/c1-10-18(19(29)24-12-3-5-13(20)14(21)7-12)25-26-27(10)9-17(28)23-11-4-6-16(30-2)15(22)8-11/h3-8H,9H2,1-2H3,(H,23,28)(H,24,29). The molecule has 2 amide bonds. The number of halogens is 3. The lowest BCUT2D eigenvalue weighted by Crippen LogP contribution is -2.21. The van der Waals surface area contributed by atoms with Gasteiger partial charge in [0.15, 0.2) is 5.69 Å². The van der Waals surface area contributed by atoms with Gasteiger partial charge in [0.05, 0.1) is 27.9 Å². The Kier molecular flexibility index (Phi) is 6.81. The van der Waals surface area contributed by atoms with Crippen LogP contribution in [0.5, 0.6) is 5.75 Å². The first-order valence-electron chi connectivity index (χ1n) is 8.58. The molecule has 0 aliphatic carbocycles. The fraction of sp³-hybridized carbons (Fsp3) is 0.158. The number of nitrogens with one attached hydrogen (secondary N) is 2. The van der Waals surface area contributed by atoms with Crippen LogP contribution in [0, 0.1) is 6.92 Å². The molecule has 0 saturated heterocycles. The van der Waals surface area contributed by atoms with Crippen molar-refractivity contribution < 1.29 is 14.3 Å². The lowest BCUT2D eigenvalue weighted by molar-refractivity contribution is -0.117. The van der Waals surface area contributed by atoms with E-state index >= 15 is 0 Å². The van der Waals surface area contributed by atoms with E-state index in [0.29, 0.717) is 37.9 Å². The molecule has 2 aromatic carbocycles. The van der Waals surface area contributed by atoms with E-state index in [4.69, 9.17) is 39.5 Å². The number of nitrogens with zero attached hydrogens (tertiary/aromatic N) is 3. The van der Waals surface area contributed by atoms with E-state index < -0.39 is 5.91 Å². The third-order valence-electron chi connectivity index (χ3n) is 4.10. The Labute approximate surface area is 187 Å². The molecule has 1 aromatic heterocycles. The monoisotopic (exact) mass is 467 g/mol. The first-order valence-corrected chi connectivity index (χ1v) is 9.71. The summed E-state index contributed by atoms with van der Waals surface area (Å²) in [6.45, 7) is 1.50. The molecule has 11 heteroatoms. The Bertz CT molecular complexity index is 1120. The van der Waals surface area contributed by atoms with Crippen LogP contribution in [0.15, 0.2) is 36.4 Å². The zero-order valence-electron chi connectivity index (χ0n) is 15.9. The summed E-state index contributed by atoms with van der Waals surface area (Å²) in [6.07, 6.45) is 0. The predicted octanol–water partition coefficient (Wildman–Crippen LogP) is 4.45. The van der Waals surface area contributed by atoms with Gasteiger partial charge in [0.2, 0.25) is 5.91 Å². The minimum Gasteiger partial charge on any atom is -0.495 e. The maximum absolute atomic E-state index is 12.5. The second-order valence-electron chi connectivity index (χ2n) is 6.16. The molecule has 0 radical (unpaired) electrons. The van der Waals surface area contributed by atoms with Crippen LogP contribution in [0.2, 0.25) is 15.1 Å². The van der Waals surface area contributed by atoms with Crippen molar-refractivity contribution in [1.29, 1.82) is 0 Å². The molecule has 3 rings (SSSR count). The molecular formula is C19H16Cl3N5O3. The highest BCUT2D eigenvalue weighted by atomic mass is 35.5. The first kappa shape index (κ1) is 21.9. The third kappa shape index (κ3) is 5.02. The number of methoxy groups -OCH3 is 1. The van der Waals surface area contributed by atoms with Gasteiger partial charge in [-0.15, -0.1) is 5.10 Å². The molecule has 0 aliphatic heterocycles. The van der Waals surface area contributed by atoms with Crippen LogP contribution in [0.4, 0.5) is 11.4 Å². The van der Waals surface area contributed by atoms with Gasteiger partial charge in [0.25, 0.3) is 5.91 Å². The Morgan fingerprint density at radius 3 is 2.33 bits per heavy atom. The molecular weight excluding hydrogens is 453 g/mol. The van der Waals surface area contributed by atoms with Gasteiger partial charge in [-0.05, 0) is 43.3 Å². The summed E-state index contributed by atoms with van der Waals surface area (Å²) >= 11 is 17.9. The van der Waals surface area contributed by atoms with E-state index in [9.17, 15) is 9.59 Å². The van der Waals surface area contributed by atoms with E-state index in [2.05, 4.69) is 20.9 Å². The van der Waals surface area contributed by atoms with E-state index in [1.54, 1.807) is 37.3 Å². The van der Waals surface area contributed by atoms with E-state index in [-0.39, 0.29) is 18.1 Å². The lowest BCUT2D eigenvalue weighted by atomic mass is 10.2. The fourth-order valence-electron chi connectivity index (χ4n) is 2.57. The molecule has 3 aromatic rings. The van der Waals surface area contributed by atoms with Crippen molar-refractivity contribution in [2.24, 2.45) is 0 Å². The summed E-state index contributed by atoms with van der Waals surface area (Å²) < 4.78 is 6.40. The van der Waals surface area contributed by atoms with Crippen LogP contribution in [-0.4, -0.2) is 33.9 Å². The van der Waals surface area contributed by atoms with E-state index in [1.165, 1.54) is 17.9 Å². The Hall–Kier alpha value is -2.81. The third-order valence-corrected chi connectivity index (χ3v) is 5.14. The summed E-state index contributed by atoms with van der Waals surface area (Å²) in [6, 6.07) is 9.58. The van der Waals surface area contributed by atoms with Crippen LogP contribution in [0.25, 0.3) is 0 Å². The zero-order valence-corrected chi connectivity index (χ0v) is 18.1. The maximum atomic E-state index is 12.5. The van der Waals surface area contributed by atoms with Gasteiger partial charge < -0.3 is 15.4 Å². The molecule has 0 spiro atoms. The summed E-state index contributed by atoms with van der Waals surface area (Å²) in [4.78, 5) is 24.8. The minimum absolute atomic E-state index is 0.0846. The largest absolute Gasteiger partial charge is 0.495 e. The first-order chi connectivity index (χ1) is 14.3. The summed E-state index contributed by atoms with van der Waals surface area (Å²) in [5.41, 5.74) is 1.47. The van der Waals surface area contributed by atoms with Crippen molar-refractivity contribution in [1.82, 2.24) is 15.0 Å². The number of aromatic nitrogens is 3. The predicted molar refractivity (Wildman–Crippen MR) is 116 cm³/mol. The van der Waals surface area contributed by atoms with Crippen LogP contribution < -0.4 is 15.4 Å². The quantitative estimate of drug-likeness (QED) is 0.557. The number of rotatable bonds is 6. The molecule has 0 saturated carbocycles. The number of hydrogen-bond acceptors (Lipinski definition) is 5. The normalized spacial score (nSPS) is 10.6. The van der Waals surface area contributed by atoms with Crippen LogP contribution in [0.1, 0.15) is 16.2 Å². The number of benzene rings is 2. The molecule has 0 unspecified atom stereocenters. The van der Waals surface area contributed by atoms with Crippen molar-refractivity contribution in [2.75, 3.05) is 17.7 Å². The molecule has 156 valence electrons. The van der Waals surface area contributed by atoms with Crippen molar-refractivity contribution >= 4 is 58.0 Å². The molecule has 30 heavy (non-hydrogen) atoms. The number of hydrogen-bond donors (Lipinski definition) is 2. The maximum Gasteiger partial charge on any atom is 0.278 e. The number of amides is 2. The Morgan fingerprint density at radius 2 is 1.67 bits per heavy atom. The number of carbonyl (C=O) groups excluding carboxylic acids is 2. The highest BCUT2D eigenvalue weighted by molar-refractivity contribution is 6.42. The van der Waals surface area contributed by atoms with Gasteiger partial charge >= 0.3 is 0 Å². The highest BCUT2D eigenvalue weighted by Gasteiger charge is 2.18. The summed E-state index contributed by atoms with van der Waals surface area (Å²) in [5, 5.41) is 14.2. The van der Waals surface area contributed by atoms with Gasteiger partial charge in [-0.2, -0.15) is 0 Å². The average Bonchev–Trinajstić information content (AvgIpc) is 3.05. The van der Waals surface area contributed by atoms with Gasteiger partial charge in [-0.25, -0.2) is 4.68 Å². The molecule has 0 atom stereocenters. The van der Waals surface area contributed by atoms with Crippen LogP contribution >= 0.6 is 34.8 Å². The second kappa shape index (κ2) is 9.34. The topological polar surface area (TPSA) is 98.1 Å². The van der Waals surface area contributed by atoms with Crippen molar-refractivity contribution in [3.05, 3.63) is 62.9 Å².